The van der Waals surface area contributed by atoms with E-state index in [1.54, 1.807) is 0 Å². The van der Waals surface area contributed by atoms with E-state index in [4.69, 9.17) is 0 Å². The molecule has 0 heterocycles. The molecule has 0 saturated heterocycles. The molecule has 1 aliphatic carbocycles. The standard InChI is InChI=1S/C16H25NOS/c1-12(17-19(18)16(2,3)4)14-10-9-13-7-5-6-8-15(13)11-14/h9-12,17H,5-8H2,1-4H3/t12?,19-/m1/s1. The summed E-state index contributed by atoms with van der Waals surface area (Å²) in [6.45, 7) is 8.08. The van der Waals surface area contributed by atoms with Gasteiger partial charge in [0.05, 0.1) is 6.04 Å². The smallest absolute Gasteiger partial charge is 0.136 e. The van der Waals surface area contributed by atoms with Crippen molar-refractivity contribution in [3.05, 3.63) is 34.9 Å². The molecule has 3 heteroatoms. The van der Waals surface area contributed by atoms with Gasteiger partial charge in [0.15, 0.2) is 0 Å². The first-order valence-corrected chi connectivity index (χ1v) is 8.32. The minimum Gasteiger partial charge on any atom is -0.598 e. The Morgan fingerprint density at radius 1 is 1.16 bits per heavy atom. The maximum Gasteiger partial charge on any atom is 0.136 e. The molecule has 0 spiro atoms. The Morgan fingerprint density at radius 2 is 1.79 bits per heavy atom. The number of fused-ring (bicyclic) bond motifs is 1. The number of benzene rings is 1. The lowest BCUT2D eigenvalue weighted by Gasteiger charge is -2.27. The Bertz CT molecular complexity index is 439. The summed E-state index contributed by atoms with van der Waals surface area (Å²) >= 11 is -1.02. The highest BCUT2D eigenvalue weighted by molar-refractivity contribution is 7.90. The molecule has 0 radical (unpaired) electrons. The average Bonchev–Trinajstić information content (AvgIpc) is 2.37. The van der Waals surface area contributed by atoms with Crippen LogP contribution in [0.25, 0.3) is 0 Å². The fraction of sp³-hybridized carbons (Fsp3) is 0.625. The Morgan fingerprint density at radius 3 is 2.42 bits per heavy atom. The molecular weight excluding hydrogens is 254 g/mol. The SMILES string of the molecule is CC(N[S@+]([O-])C(C)(C)C)c1ccc2c(c1)CCCC2. The lowest BCUT2D eigenvalue weighted by atomic mass is 9.89. The Balaban J connectivity index is 2.09. The van der Waals surface area contributed by atoms with E-state index in [2.05, 4.69) is 29.8 Å². The summed E-state index contributed by atoms with van der Waals surface area (Å²) in [6.07, 6.45) is 5.02. The molecule has 0 amide bonds. The van der Waals surface area contributed by atoms with Gasteiger partial charge in [-0.1, -0.05) is 18.2 Å². The second-order valence-corrected chi connectivity index (χ2v) is 8.45. The van der Waals surface area contributed by atoms with E-state index in [1.165, 1.54) is 42.4 Å². The summed E-state index contributed by atoms with van der Waals surface area (Å²) in [6, 6.07) is 6.86. The maximum atomic E-state index is 12.1. The summed E-state index contributed by atoms with van der Waals surface area (Å²) in [5.74, 6) is 0. The number of aryl methyl sites for hydroxylation is 2. The first kappa shape index (κ1) is 14.9. The van der Waals surface area contributed by atoms with Crippen molar-refractivity contribution in [2.45, 2.75) is 64.2 Å². The van der Waals surface area contributed by atoms with Crippen molar-refractivity contribution in [3.63, 3.8) is 0 Å². The van der Waals surface area contributed by atoms with Crippen molar-refractivity contribution >= 4 is 11.4 Å². The van der Waals surface area contributed by atoms with Gasteiger partial charge in [0, 0.05) is 11.4 Å². The zero-order valence-electron chi connectivity index (χ0n) is 12.5. The zero-order chi connectivity index (χ0) is 14.0. The zero-order valence-corrected chi connectivity index (χ0v) is 13.3. The van der Waals surface area contributed by atoms with Crippen LogP contribution in [0.15, 0.2) is 18.2 Å². The van der Waals surface area contributed by atoms with Gasteiger partial charge in [-0.15, -0.1) is 4.72 Å². The molecule has 0 fully saturated rings. The Kier molecular flexibility index (Phi) is 4.59. The Hall–Kier alpha value is -0.510. The molecule has 2 nitrogen and oxygen atoms in total. The van der Waals surface area contributed by atoms with E-state index in [9.17, 15) is 4.55 Å². The van der Waals surface area contributed by atoms with E-state index in [0.29, 0.717) is 0 Å². The van der Waals surface area contributed by atoms with Gasteiger partial charge in [-0.05, 0) is 70.1 Å². The van der Waals surface area contributed by atoms with E-state index in [1.807, 2.05) is 20.8 Å². The van der Waals surface area contributed by atoms with Crippen LogP contribution in [0.2, 0.25) is 0 Å². The molecule has 0 saturated carbocycles. The third kappa shape index (κ3) is 3.74. The number of rotatable bonds is 3. The minimum atomic E-state index is -1.02. The summed E-state index contributed by atoms with van der Waals surface area (Å²) in [4.78, 5) is 0. The number of hydrogen-bond donors (Lipinski definition) is 1. The van der Waals surface area contributed by atoms with Gasteiger partial charge < -0.3 is 4.55 Å². The van der Waals surface area contributed by atoms with Crippen LogP contribution >= 0.6 is 0 Å². The van der Waals surface area contributed by atoms with Gasteiger partial charge in [0.25, 0.3) is 0 Å². The highest BCUT2D eigenvalue weighted by Crippen LogP contribution is 2.26. The minimum absolute atomic E-state index is 0.132. The summed E-state index contributed by atoms with van der Waals surface area (Å²) in [7, 11) is 0. The molecule has 0 aliphatic heterocycles. The molecular formula is C16H25NOS. The predicted molar refractivity (Wildman–Crippen MR) is 82.5 cm³/mol. The third-order valence-electron chi connectivity index (χ3n) is 3.71. The fourth-order valence-electron chi connectivity index (χ4n) is 2.43. The molecule has 2 atom stereocenters. The Labute approximate surface area is 120 Å². The molecule has 19 heavy (non-hydrogen) atoms. The third-order valence-corrected chi connectivity index (χ3v) is 5.39. The van der Waals surface area contributed by atoms with Crippen molar-refractivity contribution in [2.75, 3.05) is 0 Å². The van der Waals surface area contributed by atoms with Crippen molar-refractivity contribution in [3.8, 4) is 0 Å². The molecule has 2 rings (SSSR count). The number of hydrogen-bond acceptors (Lipinski definition) is 2. The van der Waals surface area contributed by atoms with E-state index in [-0.39, 0.29) is 10.8 Å². The quantitative estimate of drug-likeness (QED) is 0.857. The summed E-state index contributed by atoms with van der Waals surface area (Å²) in [5, 5.41) is 0. The van der Waals surface area contributed by atoms with Gasteiger partial charge in [0.2, 0.25) is 0 Å². The van der Waals surface area contributed by atoms with Gasteiger partial charge >= 0.3 is 0 Å². The van der Waals surface area contributed by atoms with E-state index in [0.717, 1.165) is 0 Å². The van der Waals surface area contributed by atoms with Crippen LogP contribution < -0.4 is 4.72 Å². The predicted octanol–water partition coefficient (Wildman–Crippen LogP) is 3.68. The molecule has 1 aromatic rings. The van der Waals surface area contributed by atoms with Crippen molar-refractivity contribution < 1.29 is 4.55 Å². The highest BCUT2D eigenvalue weighted by atomic mass is 32.2. The van der Waals surface area contributed by atoms with E-state index >= 15 is 0 Å². The summed E-state index contributed by atoms with van der Waals surface area (Å²) < 4.78 is 15.1. The maximum absolute atomic E-state index is 12.1. The molecule has 1 aromatic carbocycles. The van der Waals surface area contributed by atoms with E-state index < -0.39 is 11.4 Å². The van der Waals surface area contributed by atoms with Crippen LogP contribution in [-0.4, -0.2) is 9.30 Å². The average molecular weight is 279 g/mol. The highest BCUT2D eigenvalue weighted by Gasteiger charge is 2.28. The number of nitrogens with one attached hydrogen (secondary N) is 1. The van der Waals surface area contributed by atoms with Crippen LogP contribution in [0.1, 0.15) is 63.3 Å². The lowest BCUT2D eigenvalue weighted by Crippen LogP contribution is -2.40. The molecule has 0 bridgehead atoms. The lowest BCUT2D eigenvalue weighted by molar-refractivity contribution is 0.531. The van der Waals surface area contributed by atoms with Crippen molar-refractivity contribution in [1.82, 2.24) is 4.72 Å². The molecule has 0 aromatic heterocycles. The van der Waals surface area contributed by atoms with Crippen LogP contribution in [0.4, 0.5) is 0 Å². The van der Waals surface area contributed by atoms with Crippen LogP contribution in [0.3, 0.4) is 0 Å². The normalized spacial score (nSPS) is 18.8. The topological polar surface area (TPSA) is 35.1 Å². The molecule has 1 unspecified atom stereocenters. The molecule has 1 aliphatic rings. The first-order valence-electron chi connectivity index (χ1n) is 7.17. The van der Waals surface area contributed by atoms with Crippen molar-refractivity contribution in [1.29, 1.82) is 0 Å². The second kappa shape index (κ2) is 5.86. The van der Waals surface area contributed by atoms with Gasteiger partial charge in [-0.2, -0.15) is 0 Å². The largest absolute Gasteiger partial charge is 0.598 e. The van der Waals surface area contributed by atoms with Crippen LogP contribution in [0, 0.1) is 0 Å². The molecule has 1 N–H and O–H groups in total. The second-order valence-electron chi connectivity index (χ2n) is 6.46. The monoisotopic (exact) mass is 279 g/mol. The van der Waals surface area contributed by atoms with Gasteiger partial charge in [-0.3, -0.25) is 0 Å². The van der Waals surface area contributed by atoms with Crippen molar-refractivity contribution in [2.24, 2.45) is 0 Å². The first-order chi connectivity index (χ1) is 8.88. The van der Waals surface area contributed by atoms with Gasteiger partial charge in [0.1, 0.15) is 4.75 Å². The summed E-state index contributed by atoms with van der Waals surface area (Å²) in [5.41, 5.74) is 4.23. The fourth-order valence-corrected chi connectivity index (χ4v) is 3.24. The van der Waals surface area contributed by atoms with Crippen LogP contribution in [0.5, 0.6) is 0 Å². The molecule has 106 valence electrons. The van der Waals surface area contributed by atoms with Gasteiger partial charge in [-0.25, -0.2) is 0 Å². The van der Waals surface area contributed by atoms with Crippen LogP contribution in [-0.2, 0) is 24.2 Å².